The first-order valence-electron chi connectivity index (χ1n) is 8.58. The highest BCUT2D eigenvalue weighted by atomic mass is 16.5. The van der Waals surface area contributed by atoms with Crippen molar-refractivity contribution in [2.24, 2.45) is 0 Å². The largest absolute Gasteiger partial charge is 0.505 e. The lowest BCUT2D eigenvalue weighted by atomic mass is 10.2. The molecule has 0 radical (unpaired) electrons. The third-order valence-electron chi connectivity index (χ3n) is 3.66. The van der Waals surface area contributed by atoms with E-state index in [2.05, 4.69) is 22.1 Å². The summed E-state index contributed by atoms with van der Waals surface area (Å²) >= 11 is 0. The van der Waals surface area contributed by atoms with Crippen molar-refractivity contribution in [2.45, 2.75) is 18.9 Å². The lowest BCUT2D eigenvalue weighted by Crippen LogP contribution is -2.29. The van der Waals surface area contributed by atoms with E-state index in [1.165, 1.54) is 12.3 Å². The van der Waals surface area contributed by atoms with Crippen LogP contribution in [0, 0.1) is 11.8 Å². The molecular formula is C20H18N2O6. The number of benzene rings is 1. The molecule has 1 fully saturated rings. The third kappa shape index (κ3) is 5.64. The number of pyridine rings is 1. The number of aliphatic carboxylic acids is 1. The average molecular weight is 382 g/mol. The van der Waals surface area contributed by atoms with E-state index in [1.807, 2.05) is 12.1 Å². The van der Waals surface area contributed by atoms with E-state index in [9.17, 15) is 14.7 Å². The van der Waals surface area contributed by atoms with Crippen molar-refractivity contribution < 1.29 is 29.3 Å². The van der Waals surface area contributed by atoms with Gasteiger partial charge in [0.25, 0.3) is 5.91 Å². The molecule has 8 nitrogen and oxygen atoms in total. The Morgan fingerprint density at radius 2 is 2.04 bits per heavy atom. The lowest BCUT2D eigenvalue weighted by Gasteiger charge is -2.06. The van der Waals surface area contributed by atoms with Gasteiger partial charge in [-0.2, -0.15) is 0 Å². The Balaban J connectivity index is 1.54. The number of carboxylic acid groups (broad SMARTS) is 1. The van der Waals surface area contributed by atoms with Crippen LogP contribution in [0.3, 0.4) is 0 Å². The van der Waals surface area contributed by atoms with Crippen LogP contribution in [0.4, 0.5) is 0 Å². The highest BCUT2D eigenvalue weighted by molar-refractivity contribution is 5.96. The average Bonchev–Trinajstić information content (AvgIpc) is 3.48. The van der Waals surface area contributed by atoms with E-state index in [1.54, 1.807) is 12.1 Å². The van der Waals surface area contributed by atoms with Gasteiger partial charge < -0.3 is 25.0 Å². The number of hydrogen-bond acceptors (Lipinski definition) is 6. The molecule has 8 heteroatoms. The molecule has 1 aliphatic rings. The van der Waals surface area contributed by atoms with Gasteiger partial charge in [0.1, 0.15) is 30.4 Å². The second kappa shape index (κ2) is 8.77. The van der Waals surface area contributed by atoms with E-state index in [-0.39, 0.29) is 18.1 Å². The van der Waals surface area contributed by atoms with Crippen molar-refractivity contribution in [1.82, 2.24) is 10.3 Å². The molecular weight excluding hydrogens is 364 g/mol. The summed E-state index contributed by atoms with van der Waals surface area (Å²) in [7, 11) is 0. The normalized spacial score (nSPS) is 12.4. The molecule has 1 aliphatic carbocycles. The number of nitrogens with one attached hydrogen (secondary N) is 1. The number of hydrogen-bond donors (Lipinski definition) is 3. The number of amides is 1. The standard InChI is InChI=1S/C20H18N2O6/c23-17-9-13(11-21-19(17)20(26)22-12-18(24)25)3-2-8-27-15-4-1-5-16(10-15)28-14-6-7-14/h1,4-5,9-11,14,23H,6-8,12H2,(H,22,26)(H,24,25). The maximum atomic E-state index is 11.7. The molecule has 0 saturated heterocycles. The maximum absolute atomic E-state index is 11.7. The Labute approximate surface area is 161 Å². The SMILES string of the molecule is O=C(O)CNC(=O)c1ncc(C#CCOc2cccc(OC3CC3)c2)cc1O. The molecule has 2 aromatic rings. The molecule has 3 N–H and O–H groups in total. The van der Waals surface area contributed by atoms with Gasteiger partial charge in [0.2, 0.25) is 0 Å². The van der Waals surface area contributed by atoms with Gasteiger partial charge in [-0.15, -0.1) is 0 Å². The molecule has 0 bridgehead atoms. The molecule has 28 heavy (non-hydrogen) atoms. The first-order chi connectivity index (χ1) is 13.5. The summed E-state index contributed by atoms with van der Waals surface area (Å²) in [5, 5.41) is 20.6. The maximum Gasteiger partial charge on any atom is 0.322 e. The smallest absolute Gasteiger partial charge is 0.322 e. The van der Waals surface area contributed by atoms with Crippen molar-refractivity contribution in [3.63, 3.8) is 0 Å². The number of ether oxygens (including phenoxy) is 2. The predicted molar refractivity (Wildman–Crippen MR) is 98.3 cm³/mol. The minimum atomic E-state index is -1.19. The number of aromatic hydroxyl groups is 1. The fraction of sp³-hybridized carbons (Fsp3) is 0.250. The number of carbonyl (C=O) groups excluding carboxylic acids is 1. The number of carboxylic acids is 1. The molecule has 144 valence electrons. The van der Waals surface area contributed by atoms with Crippen molar-refractivity contribution in [1.29, 1.82) is 0 Å². The Hall–Kier alpha value is -3.73. The Morgan fingerprint density at radius 1 is 1.25 bits per heavy atom. The molecule has 0 atom stereocenters. The topological polar surface area (TPSA) is 118 Å². The molecule has 1 saturated carbocycles. The van der Waals surface area contributed by atoms with E-state index in [4.69, 9.17) is 14.6 Å². The molecule has 0 aliphatic heterocycles. The van der Waals surface area contributed by atoms with Crippen LogP contribution in [0.25, 0.3) is 0 Å². The highest BCUT2D eigenvalue weighted by Crippen LogP contribution is 2.28. The second-order valence-electron chi connectivity index (χ2n) is 6.05. The van der Waals surface area contributed by atoms with Gasteiger partial charge in [0.15, 0.2) is 5.69 Å². The van der Waals surface area contributed by atoms with Crippen LogP contribution in [0.2, 0.25) is 0 Å². The second-order valence-corrected chi connectivity index (χ2v) is 6.05. The first kappa shape index (κ1) is 19.0. The Morgan fingerprint density at radius 3 is 2.75 bits per heavy atom. The van der Waals surface area contributed by atoms with E-state index >= 15 is 0 Å². The third-order valence-corrected chi connectivity index (χ3v) is 3.66. The molecule has 0 unspecified atom stereocenters. The van der Waals surface area contributed by atoms with Crippen LogP contribution in [0.1, 0.15) is 28.9 Å². The zero-order valence-electron chi connectivity index (χ0n) is 14.8. The zero-order valence-corrected chi connectivity index (χ0v) is 14.8. The molecule has 0 spiro atoms. The minimum Gasteiger partial charge on any atom is -0.505 e. The van der Waals surface area contributed by atoms with Crippen molar-refractivity contribution in [3.8, 4) is 29.1 Å². The van der Waals surface area contributed by atoms with Crippen molar-refractivity contribution >= 4 is 11.9 Å². The van der Waals surface area contributed by atoms with Crippen LogP contribution in [0.15, 0.2) is 36.5 Å². The Bertz CT molecular complexity index is 943. The highest BCUT2D eigenvalue weighted by Gasteiger charge is 2.23. The summed E-state index contributed by atoms with van der Waals surface area (Å²) in [6.07, 6.45) is 3.78. The van der Waals surface area contributed by atoms with Crippen LogP contribution >= 0.6 is 0 Å². The number of carbonyl (C=O) groups is 2. The first-order valence-corrected chi connectivity index (χ1v) is 8.58. The molecule has 1 aromatic heterocycles. The van der Waals surface area contributed by atoms with Gasteiger partial charge >= 0.3 is 5.97 Å². The van der Waals surface area contributed by atoms with Crippen molar-refractivity contribution in [3.05, 3.63) is 47.8 Å². The minimum absolute atomic E-state index is 0.120. The van der Waals surface area contributed by atoms with E-state index < -0.39 is 18.4 Å². The van der Waals surface area contributed by atoms with Gasteiger partial charge in [-0.25, -0.2) is 4.98 Å². The summed E-state index contributed by atoms with van der Waals surface area (Å²) in [4.78, 5) is 26.0. The van der Waals surface area contributed by atoms with Crippen LogP contribution < -0.4 is 14.8 Å². The summed E-state index contributed by atoms with van der Waals surface area (Å²) in [6.45, 7) is -0.444. The molecule has 1 amide bonds. The van der Waals surface area contributed by atoms with Gasteiger partial charge in [-0.3, -0.25) is 9.59 Å². The molecule has 1 heterocycles. The van der Waals surface area contributed by atoms with Crippen LogP contribution in [-0.4, -0.2) is 46.3 Å². The van der Waals surface area contributed by atoms with Crippen LogP contribution in [0.5, 0.6) is 17.2 Å². The van der Waals surface area contributed by atoms with Gasteiger partial charge in [0.05, 0.1) is 6.10 Å². The lowest BCUT2D eigenvalue weighted by molar-refractivity contribution is -0.135. The fourth-order valence-corrected chi connectivity index (χ4v) is 2.21. The molecule has 1 aromatic carbocycles. The molecule has 3 rings (SSSR count). The summed E-state index contributed by atoms with van der Waals surface area (Å²) in [5.41, 5.74) is 0.122. The predicted octanol–water partition coefficient (Wildman–Crippen LogP) is 1.57. The number of aromatic nitrogens is 1. The van der Waals surface area contributed by atoms with Crippen LogP contribution in [-0.2, 0) is 4.79 Å². The summed E-state index contributed by atoms with van der Waals surface area (Å²) in [5.74, 6) is 4.61. The number of nitrogens with zero attached hydrogens (tertiary/aromatic N) is 1. The monoisotopic (exact) mass is 382 g/mol. The van der Waals surface area contributed by atoms with Gasteiger partial charge in [0, 0.05) is 17.8 Å². The summed E-state index contributed by atoms with van der Waals surface area (Å²) in [6, 6.07) is 8.60. The van der Waals surface area contributed by atoms with Gasteiger partial charge in [-0.05, 0) is 31.0 Å². The van der Waals surface area contributed by atoms with Gasteiger partial charge in [-0.1, -0.05) is 17.9 Å². The van der Waals surface area contributed by atoms with E-state index in [0.717, 1.165) is 18.6 Å². The number of rotatable bonds is 7. The fourth-order valence-electron chi connectivity index (χ4n) is 2.21. The quantitative estimate of drug-likeness (QED) is 0.622. The van der Waals surface area contributed by atoms with E-state index in [0.29, 0.717) is 17.4 Å². The van der Waals surface area contributed by atoms with Crippen molar-refractivity contribution in [2.75, 3.05) is 13.2 Å². The zero-order chi connectivity index (χ0) is 19.9. The Kier molecular flexibility index (Phi) is 5.97. The summed E-state index contributed by atoms with van der Waals surface area (Å²) < 4.78 is 11.3.